The van der Waals surface area contributed by atoms with Crippen LogP contribution in [0.25, 0.3) is 66.2 Å². The summed E-state index contributed by atoms with van der Waals surface area (Å²) >= 11 is 0. The lowest BCUT2D eigenvalue weighted by atomic mass is 9.65. The second kappa shape index (κ2) is 10.6. The van der Waals surface area contributed by atoms with E-state index >= 15 is 0 Å². The zero-order chi connectivity index (χ0) is 31.8. The molecule has 0 saturated heterocycles. The standard InChI is InChI=1S/C46H32O2/c1-28-12-10-20-36-42(28)44(31-16-11-15-30(26-31)29-13-4-2-5-14-29)34-18-7-3-6-17-33(34)43(36)32-22-23-39-37(27-32)46-41(48-39)25-24-40-45(46)35-19-8-9-21-38(35)47-40/h2,4-28,42H,3H2,1H3. The van der Waals surface area contributed by atoms with Gasteiger partial charge in [-0.15, -0.1) is 0 Å². The van der Waals surface area contributed by atoms with E-state index < -0.39 is 0 Å². The van der Waals surface area contributed by atoms with E-state index in [0.717, 1.165) is 50.3 Å². The van der Waals surface area contributed by atoms with Crippen LogP contribution in [0.4, 0.5) is 0 Å². The minimum atomic E-state index is 0.215. The number of para-hydroxylation sites is 1. The first-order chi connectivity index (χ1) is 23.7. The number of furan rings is 2. The Kier molecular flexibility index (Phi) is 6.01. The second-order valence-corrected chi connectivity index (χ2v) is 13.2. The molecule has 0 aliphatic heterocycles. The Bertz CT molecular complexity index is 2650. The van der Waals surface area contributed by atoms with Gasteiger partial charge >= 0.3 is 0 Å². The maximum absolute atomic E-state index is 6.48. The quantitative estimate of drug-likeness (QED) is 0.197. The maximum atomic E-state index is 6.48. The summed E-state index contributed by atoms with van der Waals surface area (Å²) in [4.78, 5) is 0. The second-order valence-electron chi connectivity index (χ2n) is 13.2. The Morgan fingerprint density at radius 3 is 2.10 bits per heavy atom. The highest BCUT2D eigenvalue weighted by Crippen LogP contribution is 2.53. The van der Waals surface area contributed by atoms with E-state index in [2.05, 4.69) is 134 Å². The molecule has 0 spiro atoms. The first-order valence-electron chi connectivity index (χ1n) is 16.9. The van der Waals surface area contributed by atoms with Crippen LogP contribution in [0, 0.1) is 11.8 Å². The van der Waals surface area contributed by atoms with Gasteiger partial charge in [0.25, 0.3) is 0 Å². The minimum absolute atomic E-state index is 0.215. The number of hydrogen-bond donors (Lipinski definition) is 0. The molecule has 3 aliphatic carbocycles. The normalized spacial score (nSPS) is 19.0. The SMILES string of the molecule is CC1C=CC=C2C(c3ccc4oc5ccc6oc7ccccc7c6c5c4c3)=C3C=CCC=CC3=C(c3cccc(-c4ccccc4)c3)C21. The van der Waals surface area contributed by atoms with E-state index in [9.17, 15) is 0 Å². The maximum Gasteiger partial charge on any atom is 0.136 e. The molecule has 5 aromatic carbocycles. The molecule has 0 fully saturated rings. The van der Waals surface area contributed by atoms with Crippen molar-refractivity contribution in [2.24, 2.45) is 11.8 Å². The molecule has 2 aromatic heterocycles. The first kappa shape index (κ1) is 27.3. The van der Waals surface area contributed by atoms with E-state index in [1.807, 2.05) is 24.3 Å². The predicted molar refractivity (Wildman–Crippen MR) is 199 cm³/mol. The molecule has 228 valence electrons. The molecular weight excluding hydrogens is 585 g/mol. The molecule has 10 rings (SSSR count). The Morgan fingerprint density at radius 1 is 0.562 bits per heavy atom. The average molecular weight is 617 g/mol. The van der Waals surface area contributed by atoms with E-state index in [4.69, 9.17) is 8.83 Å². The van der Waals surface area contributed by atoms with Gasteiger partial charge in [-0.2, -0.15) is 0 Å². The zero-order valence-corrected chi connectivity index (χ0v) is 26.6. The van der Waals surface area contributed by atoms with Crippen molar-refractivity contribution in [3.8, 4) is 11.1 Å². The molecule has 2 atom stereocenters. The van der Waals surface area contributed by atoms with Crippen molar-refractivity contribution >= 4 is 55.0 Å². The van der Waals surface area contributed by atoms with Gasteiger partial charge < -0.3 is 8.83 Å². The third-order valence-corrected chi connectivity index (χ3v) is 10.4. The summed E-state index contributed by atoms with van der Waals surface area (Å²) in [5.41, 5.74) is 15.2. The lowest BCUT2D eigenvalue weighted by Gasteiger charge is -2.38. The number of fused-ring (bicyclic) bond motifs is 9. The van der Waals surface area contributed by atoms with Gasteiger partial charge in [0.15, 0.2) is 0 Å². The van der Waals surface area contributed by atoms with Crippen LogP contribution in [0.3, 0.4) is 0 Å². The molecule has 48 heavy (non-hydrogen) atoms. The molecule has 0 bridgehead atoms. The summed E-state index contributed by atoms with van der Waals surface area (Å²) in [5, 5.41) is 4.46. The van der Waals surface area contributed by atoms with E-state index in [-0.39, 0.29) is 5.92 Å². The number of hydrogen-bond acceptors (Lipinski definition) is 2. The predicted octanol–water partition coefficient (Wildman–Crippen LogP) is 12.6. The summed E-state index contributed by atoms with van der Waals surface area (Å²) in [7, 11) is 0. The van der Waals surface area contributed by atoms with Crippen LogP contribution >= 0.6 is 0 Å². The Labute approximate surface area is 279 Å². The number of rotatable bonds is 3. The summed E-state index contributed by atoms with van der Waals surface area (Å²) in [5.74, 6) is 0.549. The fourth-order valence-electron chi connectivity index (χ4n) is 8.29. The Hall–Kier alpha value is -5.86. The van der Waals surface area contributed by atoms with Crippen LogP contribution in [0.2, 0.25) is 0 Å². The highest BCUT2D eigenvalue weighted by atomic mass is 16.3. The van der Waals surface area contributed by atoms with Gasteiger partial charge in [0.1, 0.15) is 22.3 Å². The topological polar surface area (TPSA) is 26.3 Å². The summed E-state index contributed by atoms with van der Waals surface area (Å²) in [6.07, 6.45) is 17.2. The lowest BCUT2D eigenvalue weighted by molar-refractivity contribution is 0.598. The summed E-state index contributed by atoms with van der Waals surface area (Å²) in [6, 6.07) is 39.0. The third-order valence-electron chi connectivity index (χ3n) is 10.4. The highest BCUT2D eigenvalue weighted by Gasteiger charge is 2.37. The van der Waals surface area contributed by atoms with Gasteiger partial charge in [0, 0.05) is 27.5 Å². The van der Waals surface area contributed by atoms with E-state index in [0.29, 0.717) is 5.92 Å². The van der Waals surface area contributed by atoms with E-state index in [1.165, 1.54) is 50.1 Å². The van der Waals surface area contributed by atoms with Gasteiger partial charge in [-0.05, 0) is 98.9 Å². The summed E-state index contributed by atoms with van der Waals surface area (Å²) in [6.45, 7) is 2.36. The van der Waals surface area contributed by atoms with Crippen LogP contribution in [0.1, 0.15) is 24.5 Å². The van der Waals surface area contributed by atoms with Crippen molar-refractivity contribution in [1.29, 1.82) is 0 Å². The average Bonchev–Trinajstić information content (AvgIpc) is 3.59. The number of benzene rings is 5. The van der Waals surface area contributed by atoms with Crippen LogP contribution in [0.15, 0.2) is 177 Å². The van der Waals surface area contributed by atoms with Gasteiger partial charge in [0.2, 0.25) is 0 Å². The van der Waals surface area contributed by atoms with Crippen LogP contribution < -0.4 is 0 Å². The van der Waals surface area contributed by atoms with Crippen molar-refractivity contribution < 1.29 is 8.83 Å². The molecule has 0 saturated carbocycles. The van der Waals surface area contributed by atoms with Gasteiger partial charge in [-0.1, -0.05) is 122 Å². The minimum Gasteiger partial charge on any atom is -0.456 e. The smallest absolute Gasteiger partial charge is 0.136 e. The van der Waals surface area contributed by atoms with Crippen molar-refractivity contribution in [1.82, 2.24) is 0 Å². The molecule has 7 aromatic rings. The van der Waals surface area contributed by atoms with E-state index in [1.54, 1.807) is 0 Å². The number of allylic oxidation sites excluding steroid dienone is 12. The van der Waals surface area contributed by atoms with Gasteiger partial charge in [0.05, 0.1) is 0 Å². The largest absolute Gasteiger partial charge is 0.456 e. The fraction of sp³-hybridized carbons (Fsp3) is 0.0870. The molecule has 2 unspecified atom stereocenters. The summed E-state index contributed by atoms with van der Waals surface area (Å²) < 4.78 is 12.8. The molecular formula is C46H32O2. The first-order valence-corrected chi connectivity index (χ1v) is 16.9. The molecule has 0 radical (unpaired) electrons. The van der Waals surface area contributed by atoms with Gasteiger partial charge in [-0.25, -0.2) is 0 Å². The lowest BCUT2D eigenvalue weighted by Crippen LogP contribution is -2.23. The van der Waals surface area contributed by atoms with Gasteiger partial charge in [-0.3, -0.25) is 0 Å². The molecule has 2 nitrogen and oxygen atoms in total. The third kappa shape index (κ3) is 4.06. The van der Waals surface area contributed by atoms with Crippen LogP contribution in [0.5, 0.6) is 0 Å². The van der Waals surface area contributed by atoms with Crippen molar-refractivity contribution in [2.45, 2.75) is 13.3 Å². The monoisotopic (exact) mass is 616 g/mol. The zero-order valence-electron chi connectivity index (χ0n) is 26.6. The highest BCUT2D eigenvalue weighted by molar-refractivity contribution is 6.26. The van der Waals surface area contributed by atoms with Crippen molar-refractivity contribution in [3.63, 3.8) is 0 Å². The van der Waals surface area contributed by atoms with Crippen molar-refractivity contribution in [3.05, 3.63) is 180 Å². The van der Waals surface area contributed by atoms with Crippen molar-refractivity contribution in [2.75, 3.05) is 0 Å². The molecule has 2 heteroatoms. The van der Waals surface area contributed by atoms with Crippen LogP contribution in [-0.4, -0.2) is 0 Å². The molecule has 0 amide bonds. The molecule has 2 heterocycles. The van der Waals surface area contributed by atoms with Crippen LogP contribution in [-0.2, 0) is 0 Å². The Morgan fingerprint density at radius 2 is 1.25 bits per heavy atom. The molecule has 0 N–H and O–H groups in total. The molecule has 3 aliphatic rings. The Balaban J connectivity index is 1.25. The fourth-order valence-corrected chi connectivity index (χ4v) is 8.29.